The molecule has 1 atom stereocenters. The highest BCUT2D eigenvalue weighted by molar-refractivity contribution is 7.89. The molecule has 0 aliphatic carbocycles. The molecule has 2 aliphatic rings. The van der Waals surface area contributed by atoms with Crippen molar-refractivity contribution in [3.8, 4) is 21.8 Å². The summed E-state index contributed by atoms with van der Waals surface area (Å²) in [5.41, 5.74) is 7.16. The molecular formula is C27H37ClFN7O2S2. The normalized spacial score (nSPS) is 18.4. The monoisotopic (exact) mass is 609 g/mol. The number of hydrogen-bond acceptors (Lipinski definition) is 9. The van der Waals surface area contributed by atoms with Gasteiger partial charge in [-0.1, -0.05) is 19.1 Å². The molecule has 0 saturated carbocycles. The maximum atomic E-state index is 16.0. The SMILES string of the molecule is CCC(c1cccc(-c2nc(C3CCN(CC4CCNCC4)CC3)sc2-c2ccnc(N)n2)c1F)S(N)(=O)=O.Cl. The van der Waals surface area contributed by atoms with Crippen LogP contribution in [-0.2, 0) is 10.0 Å². The van der Waals surface area contributed by atoms with E-state index in [1.165, 1.54) is 30.2 Å². The zero-order chi connectivity index (χ0) is 27.6. The summed E-state index contributed by atoms with van der Waals surface area (Å²) < 4.78 is 40.4. The molecule has 2 saturated heterocycles. The number of piperidine rings is 2. The Hall–Kier alpha value is -2.22. The fraction of sp³-hybridized carbons (Fsp3) is 0.519. The van der Waals surface area contributed by atoms with E-state index < -0.39 is 21.1 Å². The molecule has 2 aromatic heterocycles. The van der Waals surface area contributed by atoms with Crippen LogP contribution in [0.15, 0.2) is 30.5 Å². The number of rotatable bonds is 8. The van der Waals surface area contributed by atoms with Gasteiger partial charge in [0.25, 0.3) is 0 Å². The molecule has 40 heavy (non-hydrogen) atoms. The molecule has 0 bridgehead atoms. The Bertz CT molecular complexity index is 1410. The van der Waals surface area contributed by atoms with E-state index in [-0.39, 0.29) is 41.8 Å². The maximum Gasteiger partial charge on any atom is 0.220 e. The summed E-state index contributed by atoms with van der Waals surface area (Å²) in [5, 5.41) is 8.67. The highest BCUT2D eigenvalue weighted by Gasteiger charge is 2.30. The van der Waals surface area contributed by atoms with Crippen molar-refractivity contribution in [3.05, 3.63) is 46.9 Å². The molecule has 9 nitrogen and oxygen atoms in total. The van der Waals surface area contributed by atoms with Gasteiger partial charge >= 0.3 is 0 Å². The van der Waals surface area contributed by atoms with Crippen LogP contribution in [0.25, 0.3) is 21.8 Å². The third-order valence-corrected chi connectivity index (χ3v) is 10.5. The third-order valence-electron chi connectivity index (χ3n) is 7.86. The number of thiazole rings is 1. The number of hydrogen-bond donors (Lipinski definition) is 3. The molecule has 5 N–H and O–H groups in total. The van der Waals surface area contributed by atoms with Crippen LogP contribution in [-0.4, -0.2) is 61.0 Å². The highest BCUT2D eigenvalue weighted by Crippen LogP contribution is 2.43. The smallest absolute Gasteiger partial charge is 0.220 e. The second kappa shape index (κ2) is 13.2. The van der Waals surface area contributed by atoms with Crippen LogP contribution in [0.2, 0.25) is 0 Å². The quantitative estimate of drug-likeness (QED) is 0.343. The summed E-state index contributed by atoms with van der Waals surface area (Å²) in [5.74, 6) is 0.498. The van der Waals surface area contributed by atoms with Gasteiger partial charge in [0.05, 0.1) is 21.3 Å². The standard InChI is InChI=1S/C27H36FN7O2S2.ClH/c1-2-22(39(30,36)37)19-4-3-5-20(23(19)28)24-25(21-8-13-32-27(29)33-21)38-26(34-24)18-9-14-35(15-10-18)16-17-6-11-31-12-7-17;/h3-5,8,13,17-18,22,31H,2,6-7,9-12,14-16H2,1H3,(H2,29,32,33)(H2,30,36,37);1H. The van der Waals surface area contributed by atoms with Crippen LogP contribution in [0.4, 0.5) is 10.3 Å². The first-order chi connectivity index (χ1) is 18.7. The van der Waals surface area contributed by atoms with Crippen LogP contribution >= 0.6 is 23.7 Å². The van der Waals surface area contributed by atoms with Crippen LogP contribution in [0.5, 0.6) is 0 Å². The first-order valence-electron chi connectivity index (χ1n) is 13.6. The molecular weight excluding hydrogens is 573 g/mol. The van der Waals surface area contributed by atoms with Gasteiger partial charge in [0.15, 0.2) is 0 Å². The Labute approximate surface area is 245 Å². The lowest BCUT2D eigenvalue weighted by Crippen LogP contribution is -2.39. The summed E-state index contributed by atoms with van der Waals surface area (Å²) in [6, 6.07) is 6.49. The van der Waals surface area contributed by atoms with E-state index in [0.717, 1.165) is 56.5 Å². The molecule has 0 radical (unpaired) electrons. The van der Waals surface area contributed by atoms with Crippen molar-refractivity contribution in [2.75, 3.05) is 38.5 Å². The molecule has 0 spiro atoms. The summed E-state index contributed by atoms with van der Waals surface area (Å²) in [4.78, 5) is 16.6. The lowest BCUT2D eigenvalue weighted by molar-refractivity contribution is 0.167. The molecule has 1 unspecified atom stereocenters. The number of aromatic nitrogens is 3. The first-order valence-corrected chi connectivity index (χ1v) is 16.0. The van der Waals surface area contributed by atoms with Crippen LogP contribution in [0.3, 0.4) is 0 Å². The van der Waals surface area contributed by atoms with E-state index in [1.54, 1.807) is 31.3 Å². The van der Waals surface area contributed by atoms with Crippen molar-refractivity contribution in [2.24, 2.45) is 11.1 Å². The molecule has 4 heterocycles. The lowest BCUT2D eigenvalue weighted by Gasteiger charge is -2.34. The molecule has 0 amide bonds. The second-order valence-electron chi connectivity index (χ2n) is 10.5. The number of nitrogen functional groups attached to an aromatic ring is 1. The Morgan fingerprint density at radius 1 is 1.15 bits per heavy atom. The van der Waals surface area contributed by atoms with E-state index in [9.17, 15) is 8.42 Å². The number of sulfonamides is 1. The Morgan fingerprint density at radius 3 is 2.52 bits per heavy atom. The van der Waals surface area contributed by atoms with Crippen molar-refractivity contribution in [3.63, 3.8) is 0 Å². The molecule has 5 rings (SSSR count). The number of anilines is 1. The summed E-state index contributed by atoms with van der Waals surface area (Å²) >= 11 is 1.50. The predicted octanol–water partition coefficient (Wildman–Crippen LogP) is 4.33. The Morgan fingerprint density at radius 2 is 1.88 bits per heavy atom. The van der Waals surface area contributed by atoms with Gasteiger partial charge in [0, 0.05) is 29.8 Å². The maximum absolute atomic E-state index is 16.0. The third kappa shape index (κ3) is 6.80. The van der Waals surface area contributed by atoms with Crippen molar-refractivity contribution in [1.29, 1.82) is 0 Å². The number of nitrogens with two attached hydrogens (primary N) is 2. The van der Waals surface area contributed by atoms with E-state index in [4.69, 9.17) is 15.9 Å². The van der Waals surface area contributed by atoms with Gasteiger partial charge in [-0.15, -0.1) is 23.7 Å². The molecule has 2 aliphatic heterocycles. The van der Waals surface area contributed by atoms with Gasteiger partial charge in [-0.3, -0.25) is 0 Å². The zero-order valence-electron chi connectivity index (χ0n) is 22.6. The average Bonchev–Trinajstić information content (AvgIpc) is 3.36. The summed E-state index contributed by atoms with van der Waals surface area (Å²) in [6.45, 7) is 7.05. The van der Waals surface area contributed by atoms with E-state index in [2.05, 4.69) is 20.2 Å². The van der Waals surface area contributed by atoms with Gasteiger partial charge in [0.1, 0.15) is 11.1 Å². The van der Waals surface area contributed by atoms with Gasteiger partial charge in [0.2, 0.25) is 16.0 Å². The van der Waals surface area contributed by atoms with Gasteiger partial charge in [-0.05, 0) is 76.3 Å². The van der Waals surface area contributed by atoms with Crippen molar-refractivity contribution in [2.45, 2.75) is 50.2 Å². The Kier molecular flexibility index (Phi) is 10.1. The van der Waals surface area contributed by atoms with Crippen LogP contribution < -0.4 is 16.2 Å². The number of benzene rings is 1. The first kappa shape index (κ1) is 30.7. The Balaban J connectivity index is 0.00000370. The zero-order valence-corrected chi connectivity index (χ0v) is 25.0. The number of halogens is 2. The molecule has 218 valence electrons. The van der Waals surface area contributed by atoms with Crippen molar-refractivity contribution < 1.29 is 12.8 Å². The minimum atomic E-state index is -3.99. The second-order valence-corrected chi connectivity index (χ2v) is 13.3. The molecule has 1 aromatic carbocycles. The van der Waals surface area contributed by atoms with E-state index in [0.29, 0.717) is 16.3 Å². The number of likely N-dealkylation sites (tertiary alicyclic amines) is 1. The van der Waals surface area contributed by atoms with E-state index in [1.807, 2.05) is 0 Å². The predicted molar refractivity (Wildman–Crippen MR) is 160 cm³/mol. The largest absolute Gasteiger partial charge is 0.368 e. The molecule has 13 heteroatoms. The topological polar surface area (TPSA) is 140 Å². The van der Waals surface area contributed by atoms with Crippen molar-refractivity contribution in [1.82, 2.24) is 25.2 Å². The fourth-order valence-electron chi connectivity index (χ4n) is 5.77. The summed E-state index contributed by atoms with van der Waals surface area (Å²) in [6.07, 6.45) is 6.16. The van der Waals surface area contributed by atoms with Crippen LogP contribution in [0.1, 0.15) is 60.8 Å². The number of nitrogens with zero attached hydrogens (tertiary/aromatic N) is 4. The van der Waals surface area contributed by atoms with E-state index >= 15 is 4.39 Å². The minimum absolute atomic E-state index is 0. The average molecular weight is 610 g/mol. The summed E-state index contributed by atoms with van der Waals surface area (Å²) in [7, 11) is -3.99. The number of nitrogens with one attached hydrogen (secondary N) is 1. The van der Waals surface area contributed by atoms with Crippen LogP contribution in [0, 0.1) is 11.7 Å². The number of primary sulfonamides is 1. The molecule has 3 aromatic rings. The van der Waals surface area contributed by atoms with Crippen molar-refractivity contribution >= 4 is 39.7 Å². The fourth-order valence-corrected chi connectivity index (χ4v) is 7.99. The van der Waals surface area contributed by atoms with Gasteiger partial charge in [-0.2, -0.15) is 0 Å². The minimum Gasteiger partial charge on any atom is -0.368 e. The van der Waals surface area contributed by atoms with Gasteiger partial charge in [-0.25, -0.2) is 32.9 Å². The van der Waals surface area contributed by atoms with Gasteiger partial charge < -0.3 is 16.0 Å². The molecule has 2 fully saturated rings. The lowest BCUT2D eigenvalue weighted by atomic mass is 9.93. The highest BCUT2D eigenvalue weighted by atomic mass is 35.5.